The molecule has 0 fully saturated rings. The van der Waals surface area contributed by atoms with Crippen molar-refractivity contribution < 1.29 is 14.3 Å². The van der Waals surface area contributed by atoms with E-state index < -0.39 is 0 Å². The van der Waals surface area contributed by atoms with Crippen LogP contribution in [-0.4, -0.2) is 12.7 Å². The van der Waals surface area contributed by atoms with E-state index in [0.29, 0.717) is 6.54 Å². The average molecular weight is 317 g/mol. The molecule has 3 aromatic rings. The summed E-state index contributed by atoms with van der Waals surface area (Å²) in [6.07, 6.45) is 0. The van der Waals surface area contributed by atoms with Crippen LogP contribution in [0.25, 0.3) is 21.9 Å². The van der Waals surface area contributed by atoms with Crippen LogP contribution < -0.4 is 14.8 Å². The first-order valence-electron chi connectivity index (χ1n) is 7.96. The van der Waals surface area contributed by atoms with Crippen molar-refractivity contribution in [2.45, 2.75) is 13.5 Å². The van der Waals surface area contributed by atoms with Crippen molar-refractivity contribution in [1.29, 1.82) is 0 Å². The van der Waals surface area contributed by atoms with E-state index in [9.17, 15) is 4.79 Å². The molecule has 1 amide bonds. The molecule has 118 valence electrons. The number of carbonyl (C=O) groups is 1. The number of amides is 1. The lowest BCUT2D eigenvalue weighted by molar-refractivity contribution is 0.0966. The highest BCUT2D eigenvalue weighted by Crippen LogP contribution is 2.46. The molecule has 4 heteroatoms. The third kappa shape index (κ3) is 1.77. The van der Waals surface area contributed by atoms with E-state index in [1.165, 1.54) is 5.56 Å². The number of rotatable bonds is 1. The summed E-state index contributed by atoms with van der Waals surface area (Å²) >= 11 is 0. The van der Waals surface area contributed by atoms with Gasteiger partial charge in [0.2, 0.25) is 6.79 Å². The molecule has 2 aliphatic heterocycles. The quantitative estimate of drug-likeness (QED) is 0.743. The smallest absolute Gasteiger partial charge is 0.251 e. The molecular weight excluding hydrogens is 302 g/mol. The Hall–Kier alpha value is -3.01. The lowest BCUT2D eigenvalue weighted by atomic mass is 9.90. The first kappa shape index (κ1) is 13.4. The maximum atomic E-state index is 12.2. The van der Waals surface area contributed by atoms with Gasteiger partial charge in [-0.2, -0.15) is 0 Å². The predicted molar refractivity (Wildman–Crippen MR) is 91.4 cm³/mol. The zero-order valence-corrected chi connectivity index (χ0v) is 13.2. The molecule has 0 aromatic heterocycles. The molecule has 24 heavy (non-hydrogen) atoms. The van der Waals surface area contributed by atoms with Crippen LogP contribution >= 0.6 is 0 Å². The molecule has 0 saturated heterocycles. The topological polar surface area (TPSA) is 47.6 Å². The van der Waals surface area contributed by atoms with Gasteiger partial charge in [0.1, 0.15) is 0 Å². The minimum Gasteiger partial charge on any atom is -0.454 e. The summed E-state index contributed by atoms with van der Waals surface area (Å²) < 4.78 is 11.3. The van der Waals surface area contributed by atoms with Gasteiger partial charge in [0.15, 0.2) is 11.5 Å². The molecule has 2 heterocycles. The molecule has 5 rings (SSSR count). The van der Waals surface area contributed by atoms with Crippen LogP contribution in [0.15, 0.2) is 42.5 Å². The van der Waals surface area contributed by atoms with E-state index in [0.717, 1.165) is 44.5 Å². The summed E-state index contributed by atoms with van der Waals surface area (Å²) in [5.41, 5.74) is 5.12. The van der Waals surface area contributed by atoms with Crippen LogP contribution in [0.5, 0.6) is 11.5 Å². The Bertz CT molecular complexity index is 1010. The van der Waals surface area contributed by atoms with Gasteiger partial charge < -0.3 is 14.8 Å². The second kappa shape index (κ2) is 4.74. The molecule has 1 N–H and O–H groups in total. The predicted octanol–water partition coefficient (Wildman–Crippen LogP) is 3.79. The van der Waals surface area contributed by atoms with E-state index in [-0.39, 0.29) is 12.7 Å². The van der Waals surface area contributed by atoms with Gasteiger partial charge in [-0.1, -0.05) is 35.9 Å². The molecule has 2 aliphatic rings. The zero-order chi connectivity index (χ0) is 16.3. The summed E-state index contributed by atoms with van der Waals surface area (Å²) in [6, 6.07) is 14.2. The number of hydrogen-bond donors (Lipinski definition) is 1. The number of ether oxygens (including phenoxy) is 2. The van der Waals surface area contributed by atoms with E-state index in [2.05, 4.69) is 36.5 Å². The minimum atomic E-state index is -0.0158. The lowest BCUT2D eigenvalue weighted by Crippen LogP contribution is -2.12. The van der Waals surface area contributed by atoms with Gasteiger partial charge in [0.25, 0.3) is 5.91 Å². The van der Waals surface area contributed by atoms with Crippen LogP contribution in [0.4, 0.5) is 0 Å². The largest absolute Gasteiger partial charge is 0.454 e. The molecule has 0 unspecified atom stereocenters. The highest BCUT2D eigenvalue weighted by Gasteiger charge is 2.28. The van der Waals surface area contributed by atoms with Crippen molar-refractivity contribution in [3.8, 4) is 22.6 Å². The number of hydrogen-bond acceptors (Lipinski definition) is 3. The van der Waals surface area contributed by atoms with Crippen molar-refractivity contribution in [3.05, 3.63) is 59.2 Å². The fraction of sp³-hybridized carbons (Fsp3) is 0.150. The number of fused-ring (bicyclic) bond motifs is 4. The molecule has 3 aromatic carbocycles. The van der Waals surface area contributed by atoms with Gasteiger partial charge >= 0.3 is 0 Å². The van der Waals surface area contributed by atoms with Crippen LogP contribution in [0.2, 0.25) is 0 Å². The highest BCUT2D eigenvalue weighted by molar-refractivity contribution is 6.11. The van der Waals surface area contributed by atoms with E-state index in [1.54, 1.807) is 0 Å². The Morgan fingerprint density at radius 2 is 1.88 bits per heavy atom. The molecule has 0 spiro atoms. The van der Waals surface area contributed by atoms with Gasteiger partial charge in [0, 0.05) is 17.5 Å². The SMILES string of the molecule is Cc1ccc(-c2c3c(cc4ccc5c(c24)OCO5)C(=O)NC3)cc1. The van der Waals surface area contributed by atoms with Gasteiger partial charge in [-0.25, -0.2) is 0 Å². The standard InChI is InChI=1S/C20H15NO3/c1-11-2-4-12(5-3-11)17-15-9-21-20(22)14(15)8-13-6-7-16-19(18(13)17)24-10-23-16/h2-8H,9-10H2,1H3,(H,21,22). The van der Waals surface area contributed by atoms with Crippen molar-refractivity contribution in [2.75, 3.05) is 6.79 Å². The second-order valence-corrected chi connectivity index (χ2v) is 6.22. The zero-order valence-electron chi connectivity index (χ0n) is 13.2. The molecule has 0 bridgehead atoms. The van der Waals surface area contributed by atoms with Gasteiger partial charge in [-0.05, 0) is 41.1 Å². The van der Waals surface area contributed by atoms with Crippen molar-refractivity contribution in [2.24, 2.45) is 0 Å². The Balaban J connectivity index is 1.93. The fourth-order valence-corrected chi connectivity index (χ4v) is 3.58. The van der Waals surface area contributed by atoms with Gasteiger partial charge in [-0.15, -0.1) is 0 Å². The average Bonchev–Trinajstić information content (AvgIpc) is 3.21. The number of aryl methyl sites for hydroxylation is 1. The molecular formula is C20H15NO3. The summed E-state index contributed by atoms with van der Waals surface area (Å²) in [4.78, 5) is 12.2. The highest BCUT2D eigenvalue weighted by atomic mass is 16.7. The normalized spacial score (nSPS) is 14.8. The maximum absolute atomic E-state index is 12.2. The third-order valence-corrected chi connectivity index (χ3v) is 4.76. The van der Waals surface area contributed by atoms with E-state index >= 15 is 0 Å². The van der Waals surface area contributed by atoms with Crippen molar-refractivity contribution >= 4 is 16.7 Å². The fourth-order valence-electron chi connectivity index (χ4n) is 3.58. The Morgan fingerprint density at radius 1 is 1.04 bits per heavy atom. The Labute approximate surface area is 139 Å². The summed E-state index contributed by atoms with van der Waals surface area (Å²) in [5, 5.41) is 4.95. The number of carbonyl (C=O) groups excluding carboxylic acids is 1. The summed E-state index contributed by atoms with van der Waals surface area (Å²) in [5.74, 6) is 1.51. The number of benzene rings is 3. The Kier molecular flexibility index (Phi) is 2.65. The second-order valence-electron chi connectivity index (χ2n) is 6.22. The molecule has 0 radical (unpaired) electrons. The molecule has 4 nitrogen and oxygen atoms in total. The van der Waals surface area contributed by atoms with Crippen LogP contribution in [0, 0.1) is 6.92 Å². The summed E-state index contributed by atoms with van der Waals surface area (Å²) in [7, 11) is 0. The number of nitrogens with one attached hydrogen (secondary N) is 1. The molecule has 0 saturated carbocycles. The lowest BCUT2D eigenvalue weighted by Gasteiger charge is -2.14. The Morgan fingerprint density at radius 3 is 2.71 bits per heavy atom. The van der Waals surface area contributed by atoms with Gasteiger partial charge in [-0.3, -0.25) is 4.79 Å². The third-order valence-electron chi connectivity index (χ3n) is 4.76. The van der Waals surface area contributed by atoms with Crippen molar-refractivity contribution in [3.63, 3.8) is 0 Å². The monoisotopic (exact) mass is 317 g/mol. The van der Waals surface area contributed by atoms with Crippen LogP contribution in [0.3, 0.4) is 0 Å². The van der Waals surface area contributed by atoms with Crippen molar-refractivity contribution in [1.82, 2.24) is 5.32 Å². The van der Waals surface area contributed by atoms with Crippen LogP contribution in [-0.2, 0) is 6.54 Å². The van der Waals surface area contributed by atoms with Crippen LogP contribution in [0.1, 0.15) is 21.5 Å². The van der Waals surface area contributed by atoms with Gasteiger partial charge in [0.05, 0.1) is 0 Å². The molecule has 0 atom stereocenters. The first-order valence-corrected chi connectivity index (χ1v) is 7.96. The molecule has 0 aliphatic carbocycles. The first-order chi connectivity index (χ1) is 11.7. The summed E-state index contributed by atoms with van der Waals surface area (Å²) in [6.45, 7) is 2.84. The maximum Gasteiger partial charge on any atom is 0.251 e. The minimum absolute atomic E-state index is 0.0158. The van der Waals surface area contributed by atoms with E-state index in [1.807, 2.05) is 18.2 Å². The van der Waals surface area contributed by atoms with E-state index in [4.69, 9.17) is 9.47 Å².